The van der Waals surface area contributed by atoms with Gasteiger partial charge in [0, 0.05) is 7.11 Å². The van der Waals surface area contributed by atoms with E-state index in [-0.39, 0.29) is 11.7 Å². The fraction of sp³-hybridized carbons (Fsp3) is 0.667. The second kappa shape index (κ2) is 6.91. The molecule has 96 valence electrons. The van der Waals surface area contributed by atoms with Crippen molar-refractivity contribution < 1.29 is 4.74 Å². The monoisotopic (exact) mass is 302 g/mol. The zero-order valence-corrected chi connectivity index (χ0v) is 12.1. The van der Waals surface area contributed by atoms with Crippen molar-refractivity contribution in [3.63, 3.8) is 0 Å². The SMILES string of the molecule is CCCc1nc(C(CCC)OC)[nH]c(=O)c1Br. The van der Waals surface area contributed by atoms with Crippen LogP contribution in [-0.2, 0) is 11.2 Å². The van der Waals surface area contributed by atoms with Crippen LogP contribution in [0.2, 0.25) is 0 Å². The van der Waals surface area contributed by atoms with E-state index in [1.54, 1.807) is 7.11 Å². The lowest BCUT2D eigenvalue weighted by atomic mass is 10.2. The molecule has 1 atom stereocenters. The molecule has 0 radical (unpaired) electrons. The van der Waals surface area contributed by atoms with E-state index in [0.717, 1.165) is 31.4 Å². The molecule has 0 spiro atoms. The average molecular weight is 303 g/mol. The Bertz CT molecular complexity index is 417. The fourth-order valence-corrected chi connectivity index (χ4v) is 2.09. The third kappa shape index (κ3) is 3.64. The van der Waals surface area contributed by atoms with E-state index in [9.17, 15) is 4.79 Å². The Labute approximate surface area is 110 Å². The van der Waals surface area contributed by atoms with E-state index >= 15 is 0 Å². The first kappa shape index (κ1) is 14.4. The predicted molar refractivity (Wildman–Crippen MR) is 71.2 cm³/mol. The molecule has 1 rings (SSSR count). The molecule has 17 heavy (non-hydrogen) atoms. The minimum absolute atomic E-state index is 0.128. The van der Waals surface area contributed by atoms with Gasteiger partial charge in [-0.15, -0.1) is 0 Å². The maximum Gasteiger partial charge on any atom is 0.265 e. The molecule has 0 saturated heterocycles. The summed E-state index contributed by atoms with van der Waals surface area (Å²) in [5.74, 6) is 0.631. The molecule has 1 aromatic rings. The number of H-pyrrole nitrogens is 1. The Morgan fingerprint density at radius 3 is 2.65 bits per heavy atom. The molecule has 0 saturated carbocycles. The molecule has 1 N–H and O–H groups in total. The fourth-order valence-electron chi connectivity index (χ4n) is 1.71. The molecule has 5 heteroatoms. The van der Waals surface area contributed by atoms with Gasteiger partial charge < -0.3 is 9.72 Å². The van der Waals surface area contributed by atoms with E-state index in [1.807, 2.05) is 0 Å². The summed E-state index contributed by atoms with van der Waals surface area (Å²) >= 11 is 3.28. The maximum atomic E-state index is 11.8. The van der Waals surface area contributed by atoms with Gasteiger partial charge in [0.25, 0.3) is 5.56 Å². The van der Waals surface area contributed by atoms with Crippen molar-refractivity contribution in [3.8, 4) is 0 Å². The van der Waals surface area contributed by atoms with E-state index in [0.29, 0.717) is 10.3 Å². The molecule has 0 aliphatic heterocycles. The number of hydrogen-bond acceptors (Lipinski definition) is 3. The quantitative estimate of drug-likeness (QED) is 0.879. The summed E-state index contributed by atoms with van der Waals surface area (Å²) in [5.41, 5.74) is 0.681. The number of halogens is 1. The van der Waals surface area contributed by atoms with Crippen molar-refractivity contribution in [2.75, 3.05) is 7.11 Å². The highest BCUT2D eigenvalue weighted by molar-refractivity contribution is 9.10. The van der Waals surface area contributed by atoms with Crippen LogP contribution in [0.3, 0.4) is 0 Å². The number of aryl methyl sites for hydroxylation is 1. The first-order valence-corrected chi connectivity index (χ1v) is 6.74. The molecule has 4 nitrogen and oxygen atoms in total. The van der Waals surface area contributed by atoms with Gasteiger partial charge in [-0.3, -0.25) is 4.79 Å². The number of aromatic amines is 1. The van der Waals surface area contributed by atoms with Crippen LogP contribution in [0.1, 0.15) is 50.7 Å². The normalized spacial score (nSPS) is 12.7. The van der Waals surface area contributed by atoms with Crippen LogP contribution in [0.15, 0.2) is 9.27 Å². The first-order valence-electron chi connectivity index (χ1n) is 5.95. The van der Waals surface area contributed by atoms with Crippen LogP contribution < -0.4 is 5.56 Å². The molecule has 0 amide bonds. The number of rotatable bonds is 6. The number of hydrogen-bond donors (Lipinski definition) is 1. The molecular formula is C12H19BrN2O2. The van der Waals surface area contributed by atoms with Crippen LogP contribution in [-0.4, -0.2) is 17.1 Å². The second-order valence-electron chi connectivity index (χ2n) is 3.97. The summed E-state index contributed by atoms with van der Waals surface area (Å²) < 4.78 is 5.89. The summed E-state index contributed by atoms with van der Waals surface area (Å²) in [6.45, 7) is 4.14. The van der Waals surface area contributed by atoms with E-state index in [2.05, 4.69) is 39.7 Å². The largest absolute Gasteiger partial charge is 0.374 e. The van der Waals surface area contributed by atoms with Gasteiger partial charge in [-0.25, -0.2) is 4.98 Å². The Hall–Kier alpha value is -0.680. The van der Waals surface area contributed by atoms with Crippen LogP contribution in [0.25, 0.3) is 0 Å². The predicted octanol–water partition coefficient (Wildman–Crippen LogP) is 2.97. The van der Waals surface area contributed by atoms with E-state index < -0.39 is 0 Å². The highest BCUT2D eigenvalue weighted by Gasteiger charge is 2.15. The topological polar surface area (TPSA) is 55.0 Å². The maximum absolute atomic E-state index is 11.8. The lowest BCUT2D eigenvalue weighted by molar-refractivity contribution is 0.0871. The Morgan fingerprint density at radius 2 is 2.12 bits per heavy atom. The van der Waals surface area contributed by atoms with Crippen molar-refractivity contribution in [3.05, 3.63) is 26.3 Å². The van der Waals surface area contributed by atoms with Gasteiger partial charge in [0.15, 0.2) is 0 Å². The Kier molecular flexibility index (Phi) is 5.85. The van der Waals surface area contributed by atoms with E-state index in [4.69, 9.17) is 4.74 Å². The zero-order valence-electron chi connectivity index (χ0n) is 10.5. The standard InChI is InChI=1S/C12H19BrN2O2/c1-4-6-8-10(13)12(16)15-11(14-8)9(17-3)7-5-2/h9H,4-7H2,1-3H3,(H,14,15,16). The summed E-state index contributed by atoms with van der Waals surface area (Å²) in [5, 5.41) is 0. The van der Waals surface area contributed by atoms with Crippen LogP contribution in [0, 0.1) is 0 Å². The van der Waals surface area contributed by atoms with Crippen LogP contribution in [0.4, 0.5) is 0 Å². The zero-order chi connectivity index (χ0) is 12.8. The molecular weight excluding hydrogens is 284 g/mol. The van der Waals surface area contributed by atoms with Crippen molar-refractivity contribution in [1.29, 1.82) is 0 Å². The Balaban J connectivity index is 3.12. The van der Waals surface area contributed by atoms with Gasteiger partial charge in [0.1, 0.15) is 16.4 Å². The molecule has 1 unspecified atom stereocenters. The first-order chi connectivity index (χ1) is 8.13. The van der Waals surface area contributed by atoms with E-state index in [1.165, 1.54) is 0 Å². The van der Waals surface area contributed by atoms with Gasteiger partial charge in [0.05, 0.1) is 5.69 Å². The summed E-state index contributed by atoms with van der Waals surface area (Å²) in [7, 11) is 1.64. The highest BCUT2D eigenvalue weighted by Crippen LogP contribution is 2.20. The Morgan fingerprint density at radius 1 is 1.41 bits per heavy atom. The molecule has 1 aromatic heterocycles. The summed E-state index contributed by atoms with van der Waals surface area (Å²) in [6.07, 6.45) is 3.46. The average Bonchev–Trinajstić information content (AvgIpc) is 2.32. The highest BCUT2D eigenvalue weighted by atomic mass is 79.9. The van der Waals surface area contributed by atoms with Crippen LogP contribution >= 0.6 is 15.9 Å². The number of ether oxygens (including phenoxy) is 1. The third-order valence-electron chi connectivity index (χ3n) is 2.58. The molecule has 1 heterocycles. The molecule has 0 aliphatic carbocycles. The third-order valence-corrected chi connectivity index (χ3v) is 3.39. The lowest BCUT2D eigenvalue weighted by Crippen LogP contribution is -2.19. The van der Waals surface area contributed by atoms with Crippen molar-refractivity contribution in [2.24, 2.45) is 0 Å². The minimum Gasteiger partial charge on any atom is -0.374 e. The number of aromatic nitrogens is 2. The van der Waals surface area contributed by atoms with Crippen LogP contribution in [0.5, 0.6) is 0 Å². The van der Waals surface area contributed by atoms with Gasteiger partial charge in [-0.2, -0.15) is 0 Å². The molecule has 0 aromatic carbocycles. The number of methoxy groups -OCH3 is 1. The van der Waals surface area contributed by atoms with Crippen molar-refractivity contribution >= 4 is 15.9 Å². The van der Waals surface area contributed by atoms with Gasteiger partial charge in [-0.1, -0.05) is 26.7 Å². The smallest absolute Gasteiger partial charge is 0.265 e. The lowest BCUT2D eigenvalue weighted by Gasteiger charge is -2.14. The molecule has 0 bridgehead atoms. The minimum atomic E-state index is -0.128. The molecule has 0 fully saturated rings. The summed E-state index contributed by atoms with van der Waals surface area (Å²) in [4.78, 5) is 19.0. The van der Waals surface area contributed by atoms with Gasteiger partial charge in [-0.05, 0) is 28.8 Å². The van der Waals surface area contributed by atoms with Crippen molar-refractivity contribution in [2.45, 2.75) is 45.6 Å². The van der Waals surface area contributed by atoms with Gasteiger partial charge in [0.2, 0.25) is 0 Å². The number of nitrogens with one attached hydrogen (secondary N) is 1. The van der Waals surface area contributed by atoms with Gasteiger partial charge >= 0.3 is 0 Å². The molecule has 0 aliphatic rings. The second-order valence-corrected chi connectivity index (χ2v) is 4.77. The van der Waals surface area contributed by atoms with Crippen molar-refractivity contribution in [1.82, 2.24) is 9.97 Å². The number of nitrogens with zero attached hydrogens (tertiary/aromatic N) is 1. The summed E-state index contributed by atoms with van der Waals surface area (Å²) in [6, 6.07) is 0.